The Kier molecular flexibility index (Phi) is 11.3. The van der Waals surface area contributed by atoms with E-state index in [4.69, 9.17) is 4.74 Å². The van der Waals surface area contributed by atoms with E-state index in [1.807, 2.05) is 61.2 Å². The summed E-state index contributed by atoms with van der Waals surface area (Å²) in [6.07, 6.45) is 1.61. The fraction of sp³-hybridized carbons (Fsp3) is 0.556. The fourth-order valence-corrected chi connectivity index (χ4v) is 7.20. The van der Waals surface area contributed by atoms with Gasteiger partial charge in [0.1, 0.15) is 5.75 Å². The van der Waals surface area contributed by atoms with Gasteiger partial charge in [0.25, 0.3) is 5.91 Å². The number of benzene rings is 2. The van der Waals surface area contributed by atoms with Crippen molar-refractivity contribution in [3.05, 3.63) is 69.6 Å². The van der Waals surface area contributed by atoms with E-state index in [-0.39, 0.29) is 37.2 Å². The molecule has 0 unspecified atom stereocenters. The highest BCUT2D eigenvalue weighted by Crippen LogP contribution is 2.27. The van der Waals surface area contributed by atoms with Gasteiger partial charge < -0.3 is 24.5 Å². The van der Waals surface area contributed by atoms with Gasteiger partial charge >= 0.3 is 11.8 Å². The third-order valence-corrected chi connectivity index (χ3v) is 10.1. The molecule has 260 valence electrons. The number of ether oxygens (including phenoxy) is 1. The van der Waals surface area contributed by atoms with Crippen LogP contribution in [-0.4, -0.2) is 123 Å². The molecule has 4 heterocycles. The van der Waals surface area contributed by atoms with Crippen LogP contribution < -0.4 is 5.69 Å². The largest absolute Gasteiger partial charge is 0.507 e. The summed E-state index contributed by atoms with van der Waals surface area (Å²) in [5, 5.41) is 14.9. The average molecular weight is 662 g/mol. The van der Waals surface area contributed by atoms with Gasteiger partial charge in [-0.1, -0.05) is 49.9 Å². The SMILES string of the molecule is C.Cc1cc(C[C@@H](OC(=O)N2CCC(n3nc(-c4ccccc4)[nH]c3=O)CC2)C(=O)N2CCC(N3CCN(C)CC3)CC2)cc(C)c1O. The first kappa shape index (κ1) is 35.2. The van der Waals surface area contributed by atoms with Crippen LogP contribution in [0, 0.1) is 13.8 Å². The lowest BCUT2D eigenvalue weighted by Crippen LogP contribution is -2.54. The van der Waals surface area contributed by atoms with E-state index in [0.29, 0.717) is 50.9 Å². The predicted molar refractivity (Wildman–Crippen MR) is 185 cm³/mol. The van der Waals surface area contributed by atoms with Crippen LogP contribution in [0.4, 0.5) is 4.79 Å². The Labute approximate surface area is 283 Å². The Morgan fingerprint density at radius 2 is 1.48 bits per heavy atom. The lowest BCUT2D eigenvalue weighted by molar-refractivity contribution is -0.142. The van der Waals surface area contributed by atoms with Gasteiger partial charge in [0, 0.05) is 70.4 Å². The van der Waals surface area contributed by atoms with Crippen molar-refractivity contribution in [2.45, 2.75) is 71.6 Å². The van der Waals surface area contributed by atoms with E-state index in [9.17, 15) is 19.5 Å². The van der Waals surface area contributed by atoms with Gasteiger partial charge in [0.2, 0.25) is 0 Å². The topological polar surface area (TPSA) is 127 Å². The number of amides is 2. The smallest absolute Gasteiger partial charge is 0.410 e. The number of piperazine rings is 1. The summed E-state index contributed by atoms with van der Waals surface area (Å²) < 4.78 is 7.51. The van der Waals surface area contributed by atoms with Gasteiger partial charge in [-0.2, -0.15) is 0 Å². The molecule has 6 rings (SSSR count). The van der Waals surface area contributed by atoms with Gasteiger partial charge in [-0.25, -0.2) is 14.3 Å². The maximum Gasteiger partial charge on any atom is 0.410 e. The number of H-pyrrole nitrogens is 1. The van der Waals surface area contributed by atoms with E-state index >= 15 is 0 Å². The Morgan fingerprint density at radius 3 is 2.10 bits per heavy atom. The minimum absolute atomic E-state index is 0. The number of hydrogen-bond donors (Lipinski definition) is 2. The van der Waals surface area contributed by atoms with E-state index in [0.717, 1.165) is 61.3 Å². The lowest BCUT2D eigenvalue weighted by Gasteiger charge is -2.42. The highest BCUT2D eigenvalue weighted by molar-refractivity contribution is 5.84. The van der Waals surface area contributed by atoms with Crippen LogP contribution >= 0.6 is 0 Å². The summed E-state index contributed by atoms with van der Waals surface area (Å²) in [5.41, 5.74) is 2.84. The number of phenolic OH excluding ortho intramolecular Hbond substituents is 1. The molecule has 2 aromatic carbocycles. The maximum absolute atomic E-state index is 14.0. The van der Waals surface area contributed by atoms with Crippen LogP contribution in [0.5, 0.6) is 5.75 Å². The number of aryl methyl sites for hydroxylation is 2. The van der Waals surface area contributed by atoms with Crippen molar-refractivity contribution in [1.29, 1.82) is 0 Å². The number of likely N-dealkylation sites (tertiary alicyclic amines) is 2. The third kappa shape index (κ3) is 7.92. The lowest BCUT2D eigenvalue weighted by atomic mass is 9.98. The van der Waals surface area contributed by atoms with Gasteiger partial charge in [-0.15, -0.1) is 5.10 Å². The van der Waals surface area contributed by atoms with E-state index < -0.39 is 12.2 Å². The highest BCUT2D eigenvalue weighted by Gasteiger charge is 2.35. The third-order valence-electron chi connectivity index (χ3n) is 10.1. The van der Waals surface area contributed by atoms with Crippen LogP contribution in [0.1, 0.15) is 55.8 Å². The molecule has 0 aliphatic carbocycles. The van der Waals surface area contributed by atoms with Crippen molar-refractivity contribution >= 4 is 12.0 Å². The normalized spacial score (nSPS) is 19.1. The van der Waals surface area contributed by atoms with Crippen LogP contribution in [0.25, 0.3) is 11.4 Å². The molecule has 0 bridgehead atoms. The molecule has 12 nitrogen and oxygen atoms in total. The average Bonchev–Trinajstić information content (AvgIpc) is 3.48. The van der Waals surface area contributed by atoms with Gasteiger partial charge in [-0.3, -0.25) is 14.7 Å². The van der Waals surface area contributed by atoms with Crippen LogP contribution in [0.2, 0.25) is 0 Å². The number of carbonyl (C=O) groups is 2. The number of carbonyl (C=O) groups excluding carboxylic acids is 2. The quantitative estimate of drug-likeness (QED) is 0.392. The van der Waals surface area contributed by atoms with Crippen molar-refractivity contribution < 1.29 is 19.4 Å². The molecular weight excluding hydrogens is 610 g/mol. The second-order valence-electron chi connectivity index (χ2n) is 13.4. The van der Waals surface area contributed by atoms with E-state index in [1.54, 1.807) is 4.90 Å². The molecular formula is C36H51N7O5. The number of aromatic amines is 1. The van der Waals surface area contributed by atoms with Gasteiger partial charge in [-0.05, 0) is 63.3 Å². The van der Waals surface area contributed by atoms with Crippen molar-refractivity contribution in [1.82, 2.24) is 34.4 Å². The summed E-state index contributed by atoms with van der Waals surface area (Å²) >= 11 is 0. The molecule has 2 amide bonds. The van der Waals surface area contributed by atoms with Gasteiger partial charge in [0.15, 0.2) is 11.9 Å². The Hall–Kier alpha value is -4.16. The molecule has 0 spiro atoms. The molecule has 12 heteroatoms. The summed E-state index contributed by atoms with van der Waals surface area (Å²) in [5.74, 6) is 0.574. The second kappa shape index (κ2) is 15.4. The van der Waals surface area contributed by atoms with E-state index in [1.165, 1.54) is 4.68 Å². The number of rotatable bonds is 7. The molecule has 1 aromatic heterocycles. The molecule has 0 saturated carbocycles. The van der Waals surface area contributed by atoms with Crippen molar-refractivity contribution in [3.63, 3.8) is 0 Å². The number of aromatic nitrogens is 3. The molecule has 3 aliphatic rings. The maximum atomic E-state index is 14.0. The Bertz CT molecular complexity index is 1580. The minimum Gasteiger partial charge on any atom is -0.507 e. The Balaban J connectivity index is 0.00000451. The van der Waals surface area contributed by atoms with Crippen LogP contribution in [0.3, 0.4) is 0 Å². The zero-order valence-electron chi connectivity index (χ0n) is 27.7. The molecule has 0 radical (unpaired) electrons. The summed E-state index contributed by atoms with van der Waals surface area (Å²) in [6, 6.07) is 13.5. The number of aromatic hydroxyl groups is 1. The molecule has 1 atom stereocenters. The summed E-state index contributed by atoms with van der Waals surface area (Å²) in [4.78, 5) is 51.5. The minimum atomic E-state index is -0.980. The molecule has 3 aliphatic heterocycles. The molecule has 3 saturated heterocycles. The first-order valence-electron chi connectivity index (χ1n) is 16.9. The number of hydrogen-bond acceptors (Lipinski definition) is 8. The first-order chi connectivity index (χ1) is 22.7. The standard InChI is InChI=1S/C35H47N7O5.CH4/c1-24-21-26(22-25(2)31(24)43)23-30(33(44)40-13-9-28(10-14-40)39-19-17-38(3)18-20-39)47-35(46)41-15-11-29(12-16-41)42-34(45)36-32(37-42)27-7-5-4-6-8-27;/h4-8,21-22,28-30,43H,9-20,23H2,1-3H3,(H,36,37,45);1H4/t30-;/m1./s1. The number of nitrogens with one attached hydrogen (secondary N) is 1. The van der Waals surface area contributed by atoms with Crippen molar-refractivity contribution in [3.8, 4) is 17.1 Å². The van der Waals surface area contributed by atoms with Crippen LogP contribution in [0.15, 0.2) is 47.3 Å². The number of likely N-dealkylation sites (N-methyl/N-ethyl adjacent to an activating group) is 1. The van der Waals surface area contributed by atoms with Crippen molar-refractivity contribution in [2.75, 3.05) is 59.4 Å². The number of piperidine rings is 2. The fourth-order valence-electron chi connectivity index (χ4n) is 7.20. The number of phenols is 1. The van der Waals surface area contributed by atoms with E-state index in [2.05, 4.69) is 26.9 Å². The van der Waals surface area contributed by atoms with Crippen LogP contribution in [-0.2, 0) is 16.0 Å². The van der Waals surface area contributed by atoms with Gasteiger partial charge in [0.05, 0.1) is 6.04 Å². The molecule has 3 aromatic rings. The predicted octanol–water partition coefficient (Wildman–Crippen LogP) is 3.82. The zero-order chi connectivity index (χ0) is 33.1. The molecule has 2 N–H and O–H groups in total. The second-order valence-corrected chi connectivity index (χ2v) is 13.4. The number of nitrogens with zero attached hydrogens (tertiary/aromatic N) is 6. The summed E-state index contributed by atoms with van der Waals surface area (Å²) in [7, 11) is 2.15. The zero-order valence-corrected chi connectivity index (χ0v) is 27.7. The summed E-state index contributed by atoms with van der Waals surface area (Å²) in [6.45, 7) is 9.92. The monoisotopic (exact) mass is 661 g/mol. The highest BCUT2D eigenvalue weighted by atomic mass is 16.6. The molecule has 48 heavy (non-hydrogen) atoms. The first-order valence-corrected chi connectivity index (χ1v) is 16.9. The molecule has 3 fully saturated rings. The Morgan fingerprint density at radius 1 is 0.896 bits per heavy atom. The van der Waals surface area contributed by atoms with Crippen molar-refractivity contribution in [2.24, 2.45) is 0 Å².